The van der Waals surface area contributed by atoms with Crippen molar-refractivity contribution in [2.45, 2.75) is 33.2 Å². The lowest BCUT2D eigenvalue weighted by Gasteiger charge is -2.31. The van der Waals surface area contributed by atoms with Gasteiger partial charge in [0.1, 0.15) is 5.82 Å². The summed E-state index contributed by atoms with van der Waals surface area (Å²) in [6.07, 6.45) is 1.13. The van der Waals surface area contributed by atoms with E-state index in [0.717, 1.165) is 32.5 Å². The molecule has 0 N–H and O–H groups in total. The summed E-state index contributed by atoms with van der Waals surface area (Å²) in [6.45, 7) is 4.16. The highest BCUT2D eigenvalue weighted by Gasteiger charge is 2.32. The molecule has 1 saturated heterocycles. The molecule has 1 aliphatic rings. The smallest absolute Gasteiger partial charge is 0.352 e. The van der Waals surface area contributed by atoms with E-state index in [4.69, 9.17) is 4.74 Å². The molecule has 4 rings (SSSR count). The summed E-state index contributed by atoms with van der Waals surface area (Å²) in [4.78, 5) is 53.9. The van der Waals surface area contributed by atoms with E-state index >= 15 is 0 Å². The lowest BCUT2D eigenvalue weighted by molar-refractivity contribution is -0.149. The number of benzene rings is 2. The number of carbonyl (C=O) groups is 2. The average molecular weight is 495 g/mol. The number of aromatic nitrogens is 3. The summed E-state index contributed by atoms with van der Waals surface area (Å²) in [5, 5.41) is 4.12. The minimum absolute atomic E-state index is 0.0697. The third kappa shape index (κ3) is 5.12. The van der Waals surface area contributed by atoms with Crippen LogP contribution in [0.25, 0.3) is 5.69 Å². The van der Waals surface area contributed by atoms with Crippen LogP contribution in [0.1, 0.15) is 41.4 Å². The van der Waals surface area contributed by atoms with Crippen molar-refractivity contribution in [1.82, 2.24) is 19.2 Å². The molecule has 0 bridgehead atoms. The molecular formula is C26H27FN4O5. The molecule has 36 heavy (non-hydrogen) atoms. The van der Waals surface area contributed by atoms with Crippen molar-refractivity contribution in [2.75, 3.05) is 19.7 Å². The summed E-state index contributed by atoms with van der Waals surface area (Å²) in [5.74, 6) is -2.07. The first-order chi connectivity index (χ1) is 17.3. The number of carbonyl (C=O) groups excluding carboxylic acids is 2. The van der Waals surface area contributed by atoms with Gasteiger partial charge in [-0.15, -0.1) is 0 Å². The zero-order chi connectivity index (χ0) is 25.8. The minimum atomic E-state index is -0.829. The van der Waals surface area contributed by atoms with Crippen molar-refractivity contribution in [1.29, 1.82) is 0 Å². The van der Waals surface area contributed by atoms with Crippen molar-refractivity contribution >= 4 is 11.9 Å². The van der Waals surface area contributed by atoms with Crippen molar-refractivity contribution < 1.29 is 18.7 Å². The largest absolute Gasteiger partial charge is 0.466 e. The van der Waals surface area contributed by atoms with Crippen molar-refractivity contribution in [2.24, 2.45) is 5.92 Å². The standard InChI is InChI=1S/C26H27FN4O5/c1-3-36-25(34)19-9-6-14-29(15-19)23(32)22-24(33)30(16-18-8-5-4-7-17(18)2)26(35)31(28-22)21-12-10-20(27)11-13-21/h4-5,7-8,10-13,19H,3,6,9,14-16H2,1-2H3. The Morgan fingerprint density at radius 3 is 2.53 bits per heavy atom. The zero-order valence-electron chi connectivity index (χ0n) is 20.1. The highest BCUT2D eigenvalue weighted by atomic mass is 19.1. The second-order valence-corrected chi connectivity index (χ2v) is 8.68. The first-order valence-corrected chi connectivity index (χ1v) is 11.8. The molecule has 0 radical (unpaired) electrons. The van der Waals surface area contributed by atoms with Crippen LogP contribution in [0.15, 0.2) is 58.1 Å². The molecule has 1 unspecified atom stereocenters. The fourth-order valence-electron chi connectivity index (χ4n) is 4.26. The van der Waals surface area contributed by atoms with E-state index in [-0.39, 0.29) is 25.4 Å². The molecule has 3 aromatic rings. The van der Waals surface area contributed by atoms with Crippen molar-refractivity contribution in [3.63, 3.8) is 0 Å². The fourth-order valence-corrected chi connectivity index (χ4v) is 4.26. The van der Waals surface area contributed by atoms with Gasteiger partial charge in [0.25, 0.3) is 11.5 Å². The van der Waals surface area contributed by atoms with E-state index in [0.29, 0.717) is 19.4 Å². The van der Waals surface area contributed by atoms with Gasteiger partial charge < -0.3 is 9.64 Å². The molecule has 188 valence electrons. The number of halogens is 1. The number of likely N-dealkylation sites (tertiary alicyclic amines) is 1. The normalized spacial score (nSPS) is 15.5. The number of rotatable bonds is 6. The number of amides is 1. The first kappa shape index (κ1) is 25.0. The molecule has 10 heteroatoms. The molecule has 1 aromatic heterocycles. The van der Waals surface area contributed by atoms with Crippen LogP contribution in [0.2, 0.25) is 0 Å². The van der Waals surface area contributed by atoms with Crippen LogP contribution in [0.4, 0.5) is 4.39 Å². The summed E-state index contributed by atoms with van der Waals surface area (Å²) in [6, 6.07) is 12.3. The Morgan fingerprint density at radius 1 is 1.11 bits per heavy atom. The fraction of sp³-hybridized carbons (Fsp3) is 0.346. The molecule has 9 nitrogen and oxygen atoms in total. The highest BCUT2D eigenvalue weighted by molar-refractivity contribution is 5.92. The van der Waals surface area contributed by atoms with E-state index in [1.807, 2.05) is 19.1 Å². The first-order valence-electron chi connectivity index (χ1n) is 11.8. The van der Waals surface area contributed by atoms with E-state index in [1.54, 1.807) is 19.1 Å². The number of nitrogens with zero attached hydrogens (tertiary/aromatic N) is 4. The number of hydrogen-bond acceptors (Lipinski definition) is 6. The van der Waals surface area contributed by atoms with Gasteiger partial charge in [-0.1, -0.05) is 24.3 Å². The summed E-state index contributed by atoms with van der Waals surface area (Å²) >= 11 is 0. The molecule has 2 aromatic carbocycles. The van der Waals surface area contributed by atoms with Gasteiger partial charge in [-0.25, -0.2) is 9.18 Å². The quantitative estimate of drug-likeness (QED) is 0.487. The van der Waals surface area contributed by atoms with Crippen LogP contribution in [0.3, 0.4) is 0 Å². The lowest BCUT2D eigenvalue weighted by Crippen LogP contribution is -2.49. The van der Waals surface area contributed by atoms with Gasteiger partial charge in [-0.3, -0.25) is 19.0 Å². The molecule has 1 fully saturated rings. The predicted octanol–water partition coefficient (Wildman–Crippen LogP) is 2.31. The van der Waals surface area contributed by atoms with Crippen LogP contribution in [0, 0.1) is 18.7 Å². The Kier molecular flexibility index (Phi) is 7.42. The molecule has 1 atom stereocenters. The Hall–Kier alpha value is -4.08. The maximum Gasteiger partial charge on any atom is 0.352 e. The van der Waals surface area contributed by atoms with Gasteiger partial charge in [-0.2, -0.15) is 9.78 Å². The summed E-state index contributed by atoms with van der Waals surface area (Å²) in [7, 11) is 0. The molecule has 1 amide bonds. The van der Waals surface area contributed by atoms with Crippen LogP contribution in [-0.2, 0) is 16.1 Å². The van der Waals surface area contributed by atoms with Gasteiger partial charge in [-0.05, 0) is 62.1 Å². The average Bonchev–Trinajstić information content (AvgIpc) is 2.88. The number of esters is 1. The van der Waals surface area contributed by atoms with Crippen LogP contribution in [-0.4, -0.2) is 50.8 Å². The maximum atomic E-state index is 13.5. The van der Waals surface area contributed by atoms with E-state index in [9.17, 15) is 23.6 Å². The molecule has 0 aliphatic carbocycles. The number of ether oxygens (including phenoxy) is 1. The Morgan fingerprint density at radius 2 is 1.83 bits per heavy atom. The zero-order valence-corrected chi connectivity index (χ0v) is 20.1. The third-order valence-corrected chi connectivity index (χ3v) is 6.25. The van der Waals surface area contributed by atoms with E-state index < -0.39 is 40.6 Å². The van der Waals surface area contributed by atoms with Crippen molar-refractivity contribution in [3.8, 4) is 5.69 Å². The number of piperidine rings is 1. The van der Waals surface area contributed by atoms with Crippen LogP contribution >= 0.6 is 0 Å². The lowest BCUT2D eigenvalue weighted by atomic mass is 9.98. The monoisotopic (exact) mass is 494 g/mol. The van der Waals surface area contributed by atoms with Crippen molar-refractivity contribution in [3.05, 3.63) is 92.0 Å². The van der Waals surface area contributed by atoms with Gasteiger partial charge >= 0.3 is 11.7 Å². The maximum absolute atomic E-state index is 13.5. The Bertz CT molecular complexity index is 1400. The molecule has 0 spiro atoms. The molecule has 0 saturated carbocycles. The summed E-state index contributed by atoms with van der Waals surface area (Å²) < 4.78 is 20.5. The van der Waals surface area contributed by atoms with E-state index in [2.05, 4.69) is 5.10 Å². The van der Waals surface area contributed by atoms with Gasteiger partial charge in [0.15, 0.2) is 0 Å². The van der Waals surface area contributed by atoms with E-state index in [1.165, 1.54) is 17.0 Å². The SMILES string of the molecule is CCOC(=O)C1CCCN(C(=O)c2nn(-c3ccc(F)cc3)c(=O)n(Cc3ccccc3C)c2=O)C1. The predicted molar refractivity (Wildman–Crippen MR) is 130 cm³/mol. The minimum Gasteiger partial charge on any atom is -0.466 e. The Balaban J connectivity index is 1.79. The summed E-state index contributed by atoms with van der Waals surface area (Å²) in [5.41, 5.74) is -0.226. The topological polar surface area (TPSA) is 104 Å². The third-order valence-electron chi connectivity index (χ3n) is 6.25. The van der Waals surface area contributed by atoms with Crippen LogP contribution in [0.5, 0.6) is 0 Å². The highest BCUT2D eigenvalue weighted by Crippen LogP contribution is 2.19. The second-order valence-electron chi connectivity index (χ2n) is 8.68. The van der Waals surface area contributed by atoms with Gasteiger partial charge in [0.05, 0.1) is 24.8 Å². The van der Waals surface area contributed by atoms with Crippen LogP contribution < -0.4 is 11.2 Å². The number of aryl methyl sites for hydroxylation is 1. The van der Waals surface area contributed by atoms with Gasteiger partial charge in [0.2, 0.25) is 5.69 Å². The van der Waals surface area contributed by atoms with Gasteiger partial charge in [0, 0.05) is 13.1 Å². The molecular weight excluding hydrogens is 467 g/mol. The molecule has 1 aliphatic heterocycles. The second kappa shape index (κ2) is 10.7. The molecule has 2 heterocycles. The number of hydrogen-bond donors (Lipinski definition) is 0. The Labute approximate surface area is 206 Å².